The number of para-hydroxylation sites is 1. The maximum absolute atomic E-state index is 13.2. The predicted molar refractivity (Wildman–Crippen MR) is 137 cm³/mol. The molecule has 6 heteroatoms. The number of hydrogen-bond donors (Lipinski definition) is 1. The molecule has 1 aliphatic heterocycles. The Kier molecular flexibility index (Phi) is 6.23. The summed E-state index contributed by atoms with van der Waals surface area (Å²) in [6, 6.07) is 22.0. The number of aryl methyl sites for hydroxylation is 1. The highest BCUT2D eigenvalue weighted by Gasteiger charge is 2.16. The molecule has 1 fully saturated rings. The van der Waals surface area contributed by atoms with E-state index >= 15 is 0 Å². The number of likely N-dealkylation sites (N-methyl/N-ethyl adjacent to an activating group) is 1. The van der Waals surface area contributed by atoms with Crippen LogP contribution < -0.4 is 10.2 Å². The molecule has 0 saturated carbocycles. The molecule has 34 heavy (non-hydrogen) atoms. The fourth-order valence-corrected chi connectivity index (χ4v) is 4.26. The fourth-order valence-electron chi connectivity index (χ4n) is 4.26. The van der Waals surface area contributed by atoms with E-state index in [0.29, 0.717) is 12.1 Å². The number of hydrogen-bond acceptors (Lipinski definition) is 5. The van der Waals surface area contributed by atoms with E-state index in [4.69, 9.17) is 4.98 Å². The Morgan fingerprint density at radius 1 is 0.971 bits per heavy atom. The third-order valence-corrected chi connectivity index (χ3v) is 6.40. The van der Waals surface area contributed by atoms with Crippen molar-refractivity contribution in [2.24, 2.45) is 0 Å². The highest BCUT2D eigenvalue weighted by atomic mass is 16.1. The van der Waals surface area contributed by atoms with E-state index in [1.165, 1.54) is 5.56 Å². The SMILES string of the molecule is Cc1ccc(-c2cc(C(=O)NCc3ccc(N4CCN(C)CC4)nc3)c3ccccc3n2)cc1. The average Bonchev–Trinajstić information content (AvgIpc) is 2.88. The number of aromatic nitrogens is 2. The Labute approximate surface area is 200 Å². The summed E-state index contributed by atoms with van der Waals surface area (Å²) in [5, 5.41) is 3.92. The Balaban J connectivity index is 1.33. The zero-order chi connectivity index (χ0) is 23.5. The van der Waals surface area contributed by atoms with Gasteiger partial charge in [-0.2, -0.15) is 0 Å². The lowest BCUT2D eigenvalue weighted by molar-refractivity contribution is 0.0952. The molecule has 6 nitrogen and oxygen atoms in total. The van der Waals surface area contributed by atoms with Gasteiger partial charge in [-0.15, -0.1) is 0 Å². The van der Waals surface area contributed by atoms with Crippen LogP contribution in [0.15, 0.2) is 72.9 Å². The molecule has 2 aromatic carbocycles. The van der Waals surface area contributed by atoms with E-state index in [1.807, 2.05) is 60.8 Å². The Hall–Kier alpha value is -3.77. The van der Waals surface area contributed by atoms with Gasteiger partial charge in [-0.1, -0.05) is 54.1 Å². The first kappa shape index (κ1) is 22.0. The second-order valence-corrected chi connectivity index (χ2v) is 8.94. The summed E-state index contributed by atoms with van der Waals surface area (Å²) in [6.45, 7) is 6.54. The van der Waals surface area contributed by atoms with Crippen LogP contribution in [0.2, 0.25) is 0 Å². The van der Waals surface area contributed by atoms with Gasteiger partial charge in [0.1, 0.15) is 5.82 Å². The monoisotopic (exact) mass is 451 g/mol. The third-order valence-electron chi connectivity index (χ3n) is 6.40. The van der Waals surface area contributed by atoms with E-state index in [-0.39, 0.29) is 5.91 Å². The number of carbonyl (C=O) groups is 1. The molecule has 0 aliphatic carbocycles. The Morgan fingerprint density at radius 2 is 1.74 bits per heavy atom. The highest BCUT2D eigenvalue weighted by Crippen LogP contribution is 2.25. The largest absolute Gasteiger partial charge is 0.354 e. The number of pyridine rings is 2. The van der Waals surface area contributed by atoms with Crippen LogP contribution in [-0.2, 0) is 6.54 Å². The lowest BCUT2D eigenvalue weighted by Gasteiger charge is -2.33. The molecule has 0 radical (unpaired) electrons. The summed E-state index contributed by atoms with van der Waals surface area (Å²) < 4.78 is 0. The zero-order valence-electron chi connectivity index (χ0n) is 19.7. The van der Waals surface area contributed by atoms with Gasteiger partial charge < -0.3 is 15.1 Å². The minimum absolute atomic E-state index is 0.116. The van der Waals surface area contributed by atoms with E-state index in [0.717, 1.165) is 59.7 Å². The van der Waals surface area contributed by atoms with Gasteiger partial charge in [0.15, 0.2) is 0 Å². The number of nitrogens with one attached hydrogen (secondary N) is 1. The second kappa shape index (κ2) is 9.61. The van der Waals surface area contributed by atoms with Crippen LogP contribution in [0.1, 0.15) is 21.5 Å². The number of rotatable bonds is 5. The number of nitrogens with zero attached hydrogens (tertiary/aromatic N) is 4. The molecule has 1 saturated heterocycles. The van der Waals surface area contributed by atoms with Gasteiger partial charge in [0.05, 0.1) is 16.8 Å². The maximum atomic E-state index is 13.2. The van der Waals surface area contributed by atoms with Crippen molar-refractivity contribution in [3.63, 3.8) is 0 Å². The normalized spacial score (nSPS) is 14.4. The number of piperazine rings is 1. The molecular weight excluding hydrogens is 422 g/mol. The van der Waals surface area contributed by atoms with Crippen LogP contribution in [0.4, 0.5) is 5.82 Å². The van der Waals surface area contributed by atoms with Gasteiger partial charge >= 0.3 is 0 Å². The lowest BCUT2D eigenvalue weighted by Crippen LogP contribution is -2.44. The van der Waals surface area contributed by atoms with Gasteiger partial charge in [-0.25, -0.2) is 9.97 Å². The van der Waals surface area contributed by atoms with Crippen molar-refractivity contribution in [1.82, 2.24) is 20.2 Å². The first-order valence-electron chi connectivity index (χ1n) is 11.7. The number of amides is 1. The van der Waals surface area contributed by atoms with Gasteiger partial charge in [0, 0.05) is 49.9 Å². The number of fused-ring (bicyclic) bond motifs is 1. The molecule has 2 aromatic heterocycles. The van der Waals surface area contributed by atoms with Crippen LogP contribution >= 0.6 is 0 Å². The van der Waals surface area contributed by atoms with E-state index in [1.54, 1.807) is 0 Å². The topological polar surface area (TPSA) is 61.4 Å². The smallest absolute Gasteiger partial charge is 0.252 e. The number of anilines is 1. The van der Waals surface area contributed by atoms with Crippen LogP contribution in [0.5, 0.6) is 0 Å². The van der Waals surface area contributed by atoms with E-state index in [9.17, 15) is 4.79 Å². The summed E-state index contributed by atoms with van der Waals surface area (Å²) in [5.41, 5.74) is 5.39. The van der Waals surface area contributed by atoms with Crippen LogP contribution in [-0.4, -0.2) is 54.0 Å². The van der Waals surface area contributed by atoms with Gasteiger partial charge in [-0.3, -0.25) is 4.79 Å². The predicted octanol–water partition coefficient (Wildman–Crippen LogP) is 4.29. The maximum Gasteiger partial charge on any atom is 0.252 e. The quantitative estimate of drug-likeness (QED) is 0.491. The Morgan fingerprint density at radius 3 is 2.47 bits per heavy atom. The van der Waals surface area contributed by atoms with Crippen LogP contribution in [0.3, 0.4) is 0 Å². The summed E-state index contributed by atoms with van der Waals surface area (Å²) >= 11 is 0. The molecule has 1 amide bonds. The number of benzene rings is 2. The van der Waals surface area contributed by atoms with E-state index in [2.05, 4.69) is 46.2 Å². The molecule has 172 valence electrons. The molecule has 0 spiro atoms. The third kappa shape index (κ3) is 4.77. The summed E-state index contributed by atoms with van der Waals surface area (Å²) in [7, 11) is 2.15. The number of carbonyl (C=O) groups excluding carboxylic acids is 1. The molecule has 5 rings (SSSR count). The average molecular weight is 452 g/mol. The van der Waals surface area contributed by atoms with Crippen molar-refractivity contribution in [2.45, 2.75) is 13.5 Å². The van der Waals surface area contributed by atoms with Crippen molar-refractivity contribution >= 4 is 22.6 Å². The standard InChI is InChI=1S/C28H29N5O/c1-20-7-10-22(11-8-20)26-17-24(23-5-3-4-6-25(23)31-26)28(34)30-19-21-9-12-27(29-18-21)33-15-13-32(2)14-16-33/h3-12,17-18H,13-16,19H2,1-2H3,(H,30,34). The molecule has 0 atom stereocenters. The highest BCUT2D eigenvalue weighted by molar-refractivity contribution is 6.07. The molecule has 1 aliphatic rings. The van der Waals surface area contributed by atoms with Gasteiger partial charge in [-0.05, 0) is 37.7 Å². The first-order chi connectivity index (χ1) is 16.6. The second-order valence-electron chi connectivity index (χ2n) is 8.94. The molecule has 0 unspecified atom stereocenters. The minimum atomic E-state index is -0.116. The van der Waals surface area contributed by atoms with Crippen molar-refractivity contribution in [3.8, 4) is 11.3 Å². The van der Waals surface area contributed by atoms with Gasteiger partial charge in [0.2, 0.25) is 0 Å². The lowest BCUT2D eigenvalue weighted by atomic mass is 10.0. The summed E-state index contributed by atoms with van der Waals surface area (Å²) in [4.78, 5) is 27.3. The van der Waals surface area contributed by atoms with Crippen molar-refractivity contribution in [3.05, 3.63) is 89.6 Å². The van der Waals surface area contributed by atoms with Crippen LogP contribution in [0.25, 0.3) is 22.2 Å². The van der Waals surface area contributed by atoms with Crippen molar-refractivity contribution < 1.29 is 4.79 Å². The zero-order valence-corrected chi connectivity index (χ0v) is 19.7. The molecule has 0 bridgehead atoms. The van der Waals surface area contributed by atoms with Gasteiger partial charge in [0.25, 0.3) is 5.91 Å². The minimum Gasteiger partial charge on any atom is -0.354 e. The summed E-state index contributed by atoms with van der Waals surface area (Å²) in [6.07, 6.45) is 1.86. The molecular formula is C28H29N5O. The first-order valence-corrected chi connectivity index (χ1v) is 11.7. The summed E-state index contributed by atoms with van der Waals surface area (Å²) in [5.74, 6) is 0.876. The van der Waals surface area contributed by atoms with Crippen LogP contribution in [0, 0.1) is 6.92 Å². The molecule has 1 N–H and O–H groups in total. The Bertz CT molecular complexity index is 1290. The van der Waals surface area contributed by atoms with Crippen molar-refractivity contribution in [1.29, 1.82) is 0 Å². The van der Waals surface area contributed by atoms with Crippen molar-refractivity contribution in [2.75, 3.05) is 38.1 Å². The molecule has 3 heterocycles. The fraction of sp³-hybridized carbons (Fsp3) is 0.250. The molecule has 4 aromatic rings. The van der Waals surface area contributed by atoms with E-state index < -0.39 is 0 Å².